The van der Waals surface area contributed by atoms with Crippen molar-refractivity contribution in [2.45, 2.75) is 12.3 Å². The van der Waals surface area contributed by atoms with Crippen LogP contribution in [0.15, 0.2) is 24.3 Å². The summed E-state index contributed by atoms with van der Waals surface area (Å²) in [6, 6.07) is 8.20. The molecule has 21 heavy (non-hydrogen) atoms. The Morgan fingerprint density at radius 1 is 1.43 bits per heavy atom. The van der Waals surface area contributed by atoms with Gasteiger partial charge in [-0.1, -0.05) is 23.7 Å². The highest BCUT2D eigenvalue weighted by atomic mass is 35.5. The van der Waals surface area contributed by atoms with Gasteiger partial charge in [0.2, 0.25) is 0 Å². The van der Waals surface area contributed by atoms with Crippen molar-refractivity contribution in [3.8, 4) is 0 Å². The molecule has 1 fully saturated rings. The minimum Gasteiger partial charge on any atom is -0.468 e. The molecule has 2 atom stereocenters. The molecule has 0 bridgehead atoms. The van der Waals surface area contributed by atoms with Gasteiger partial charge in [0.15, 0.2) is 0 Å². The molecule has 0 spiro atoms. The van der Waals surface area contributed by atoms with Crippen LogP contribution in [0.3, 0.4) is 0 Å². The fourth-order valence-electron chi connectivity index (χ4n) is 2.88. The largest absolute Gasteiger partial charge is 0.468 e. The van der Waals surface area contributed by atoms with Gasteiger partial charge in [-0.25, -0.2) is 0 Å². The standard InChI is InChI=1S/C16H22ClNO2S/c1-18-8-7-15(12-3-5-14(17)6-4-12)13(9-18)10-21-11-16(19)20-2/h3-6,13,15H,7-11H2,1-2H3/t13-,15+/m1/s1. The van der Waals surface area contributed by atoms with Crippen molar-refractivity contribution in [1.29, 1.82) is 0 Å². The summed E-state index contributed by atoms with van der Waals surface area (Å²) in [5, 5.41) is 0.781. The van der Waals surface area contributed by atoms with Crippen LogP contribution in [0.25, 0.3) is 0 Å². The Labute approximate surface area is 136 Å². The van der Waals surface area contributed by atoms with Crippen LogP contribution in [-0.4, -0.2) is 49.6 Å². The Bertz CT molecular complexity index is 466. The van der Waals surface area contributed by atoms with E-state index in [1.807, 2.05) is 12.1 Å². The molecule has 0 radical (unpaired) electrons. The maximum atomic E-state index is 11.2. The predicted octanol–water partition coefficient (Wildman–Crippen LogP) is 3.28. The van der Waals surface area contributed by atoms with Crippen molar-refractivity contribution >= 4 is 29.3 Å². The van der Waals surface area contributed by atoms with E-state index >= 15 is 0 Å². The van der Waals surface area contributed by atoms with Gasteiger partial charge in [0.05, 0.1) is 12.9 Å². The van der Waals surface area contributed by atoms with E-state index in [0.717, 1.165) is 30.3 Å². The SMILES string of the molecule is COC(=O)CSC[C@H]1CN(C)CC[C@H]1c1ccc(Cl)cc1. The lowest BCUT2D eigenvalue weighted by molar-refractivity contribution is -0.137. The summed E-state index contributed by atoms with van der Waals surface area (Å²) >= 11 is 7.65. The molecule has 0 unspecified atom stereocenters. The zero-order valence-electron chi connectivity index (χ0n) is 12.5. The average Bonchev–Trinajstić information content (AvgIpc) is 2.48. The zero-order valence-corrected chi connectivity index (χ0v) is 14.1. The monoisotopic (exact) mass is 327 g/mol. The summed E-state index contributed by atoms with van der Waals surface area (Å²) in [6.45, 7) is 2.19. The van der Waals surface area contributed by atoms with Crippen LogP contribution in [0.5, 0.6) is 0 Å². The number of thioether (sulfide) groups is 1. The van der Waals surface area contributed by atoms with Gasteiger partial charge >= 0.3 is 5.97 Å². The number of nitrogens with zero attached hydrogens (tertiary/aromatic N) is 1. The Kier molecular flexibility index (Phi) is 6.40. The molecule has 0 N–H and O–H groups in total. The number of hydrogen-bond acceptors (Lipinski definition) is 4. The molecular weight excluding hydrogens is 306 g/mol. The van der Waals surface area contributed by atoms with Crippen LogP contribution in [0.4, 0.5) is 0 Å². The number of benzene rings is 1. The van der Waals surface area contributed by atoms with Crippen molar-refractivity contribution in [1.82, 2.24) is 4.90 Å². The van der Waals surface area contributed by atoms with Crippen molar-refractivity contribution in [2.75, 3.05) is 38.8 Å². The summed E-state index contributed by atoms with van der Waals surface area (Å²) in [6.07, 6.45) is 1.15. The summed E-state index contributed by atoms with van der Waals surface area (Å²) in [5.74, 6) is 2.37. The molecule has 0 amide bonds. The Hall–Kier alpha value is -0.710. The lowest BCUT2D eigenvalue weighted by Crippen LogP contribution is -2.38. The van der Waals surface area contributed by atoms with Gasteiger partial charge in [0, 0.05) is 11.6 Å². The van der Waals surface area contributed by atoms with Gasteiger partial charge in [-0.2, -0.15) is 0 Å². The van der Waals surface area contributed by atoms with Gasteiger partial charge in [0.1, 0.15) is 0 Å². The van der Waals surface area contributed by atoms with Crippen molar-refractivity contribution in [2.24, 2.45) is 5.92 Å². The van der Waals surface area contributed by atoms with Gasteiger partial charge < -0.3 is 9.64 Å². The van der Waals surface area contributed by atoms with E-state index < -0.39 is 0 Å². The first-order valence-electron chi connectivity index (χ1n) is 7.18. The number of likely N-dealkylation sites (tertiary alicyclic amines) is 1. The number of hydrogen-bond donors (Lipinski definition) is 0. The molecule has 0 saturated carbocycles. The first-order chi connectivity index (χ1) is 10.1. The topological polar surface area (TPSA) is 29.5 Å². The lowest BCUT2D eigenvalue weighted by atomic mass is 9.81. The van der Waals surface area contributed by atoms with E-state index in [4.69, 9.17) is 16.3 Å². The molecule has 0 aromatic heterocycles. The summed E-state index contributed by atoms with van der Waals surface area (Å²) < 4.78 is 4.70. The fourth-order valence-corrected chi connectivity index (χ4v) is 4.05. The van der Waals surface area contributed by atoms with Crippen LogP contribution in [0, 0.1) is 5.92 Å². The number of halogens is 1. The predicted molar refractivity (Wildman–Crippen MR) is 89.1 cm³/mol. The smallest absolute Gasteiger partial charge is 0.315 e. The molecule has 5 heteroatoms. The fraction of sp³-hybridized carbons (Fsp3) is 0.562. The molecule has 3 nitrogen and oxygen atoms in total. The molecule has 1 aliphatic heterocycles. The highest BCUT2D eigenvalue weighted by Crippen LogP contribution is 2.35. The lowest BCUT2D eigenvalue weighted by Gasteiger charge is -2.37. The van der Waals surface area contributed by atoms with Crippen LogP contribution >= 0.6 is 23.4 Å². The average molecular weight is 328 g/mol. The minimum absolute atomic E-state index is 0.146. The Balaban J connectivity index is 1.99. The molecule has 1 saturated heterocycles. The molecule has 1 aromatic carbocycles. The van der Waals surface area contributed by atoms with E-state index in [9.17, 15) is 4.79 Å². The number of carbonyl (C=O) groups excluding carboxylic acids is 1. The Morgan fingerprint density at radius 3 is 2.81 bits per heavy atom. The summed E-state index contributed by atoms with van der Waals surface area (Å²) in [5.41, 5.74) is 1.36. The maximum absolute atomic E-state index is 11.2. The number of rotatable bonds is 5. The number of methoxy groups -OCH3 is 1. The van der Waals surface area contributed by atoms with Crippen LogP contribution < -0.4 is 0 Å². The van der Waals surface area contributed by atoms with Gasteiger partial charge in [-0.3, -0.25) is 4.79 Å². The van der Waals surface area contributed by atoms with Crippen LogP contribution in [0.2, 0.25) is 5.02 Å². The second-order valence-electron chi connectivity index (χ2n) is 5.56. The molecule has 1 aromatic rings. The number of carbonyl (C=O) groups is 1. The molecular formula is C16H22ClNO2S. The maximum Gasteiger partial charge on any atom is 0.315 e. The van der Waals surface area contributed by atoms with Crippen molar-refractivity contribution < 1.29 is 9.53 Å². The summed E-state index contributed by atoms with van der Waals surface area (Å²) in [4.78, 5) is 13.6. The van der Waals surface area contributed by atoms with Gasteiger partial charge in [-0.05, 0) is 55.3 Å². The van der Waals surface area contributed by atoms with Gasteiger partial charge in [0.25, 0.3) is 0 Å². The zero-order chi connectivity index (χ0) is 15.2. The molecule has 1 aliphatic rings. The van der Waals surface area contributed by atoms with E-state index in [1.54, 1.807) is 11.8 Å². The van der Waals surface area contributed by atoms with Crippen molar-refractivity contribution in [3.05, 3.63) is 34.9 Å². The van der Waals surface area contributed by atoms with E-state index in [1.165, 1.54) is 12.7 Å². The molecule has 0 aliphatic carbocycles. The highest BCUT2D eigenvalue weighted by Gasteiger charge is 2.28. The summed E-state index contributed by atoms with van der Waals surface area (Å²) in [7, 11) is 3.60. The first kappa shape index (κ1) is 16.7. The normalized spacial score (nSPS) is 23.0. The van der Waals surface area contributed by atoms with Crippen LogP contribution in [0.1, 0.15) is 17.9 Å². The third-order valence-corrected chi connectivity index (χ3v) is 5.37. The van der Waals surface area contributed by atoms with Crippen LogP contribution in [-0.2, 0) is 9.53 Å². The van der Waals surface area contributed by atoms with E-state index in [-0.39, 0.29) is 5.97 Å². The van der Waals surface area contributed by atoms with E-state index in [2.05, 4.69) is 24.1 Å². The number of piperidine rings is 1. The van der Waals surface area contributed by atoms with E-state index in [0.29, 0.717) is 17.6 Å². The quantitative estimate of drug-likeness (QED) is 0.776. The second kappa shape index (κ2) is 8.06. The van der Waals surface area contributed by atoms with Gasteiger partial charge in [-0.15, -0.1) is 11.8 Å². The molecule has 2 rings (SSSR count). The highest BCUT2D eigenvalue weighted by molar-refractivity contribution is 7.99. The number of ether oxygens (including phenoxy) is 1. The third kappa shape index (κ3) is 4.90. The second-order valence-corrected chi connectivity index (χ2v) is 7.03. The number of esters is 1. The Morgan fingerprint density at radius 2 is 2.14 bits per heavy atom. The minimum atomic E-state index is -0.146. The molecule has 116 valence electrons. The first-order valence-corrected chi connectivity index (χ1v) is 8.72. The van der Waals surface area contributed by atoms with Crippen molar-refractivity contribution in [3.63, 3.8) is 0 Å². The third-order valence-electron chi connectivity index (χ3n) is 4.01. The molecule has 1 heterocycles.